The molecule has 7 aromatic rings. The Labute approximate surface area is 427 Å². The number of anilines is 5. The van der Waals surface area contributed by atoms with E-state index in [2.05, 4.69) is 223 Å². The average Bonchev–Trinajstić information content (AvgIpc) is 3.56. The molecule has 2 nitrogen and oxygen atoms in total. The van der Waals surface area contributed by atoms with Gasteiger partial charge in [0.2, 0.25) is 0 Å². The van der Waals surface area contributed by atoms with Crippen LogP contribution >= 0.6 is 0 Å². The molecule has 3 heteroatoms. The van der Waals surface area contributed by atoms with Crippen LogP contribution in [0.1, 0.15) is 186 Å². The number of benzene rings is 7. The molecule has 1 aliphatic heterocycles. The fourth-order valence-electron chi connectivity index (χ4n) is 14.6. The fraction of sp³-hybridized carbons (Fsp3) is 0.412. The Morgan fingerprint density at radius 3 is 1.62 bits per heavy atom. The maximum atomic E-state index is 4.23. The quantitative estimate of drug-likeness (QED) is 0.177. The second-order valence-electron chi connectivity index (χ2n) is 27.5. The van der Waals surface area contributed by atoms with Crippen molar-refractivity contribution in [2.24, 2.45) is 0 Å². The molecule has 0 atom stereocenters. The summed E-state index contributed by atoms with van der Waals surface area (Å²) in [6.45, 7) is 36.9. The van der Waals surface area contributed by atoms with Crippen molar-refractivity contribution in [3.8, 4) is 22.3 Å². The van der Waals surface area contributed by atoms with Crippen molar-refractivity contribution < 1.29 is 0 Å². The average molecular weight is 933 g/mol. The van der Waals surface area contributed by atoms with E-state index in [-0.39, 0.29) is 37.9 Å². The van der Waals surface area contributed by atoms with Gasteiger partial charge in [0, 0.05) is 44.8 Å². The molecule has 0 fully saturated rings. The molecule has 7 aromatic carbocycles. The van der Waals surface area contributed by atoms with Crippen LogP contribution in [0.3, 0.4) is 0 Å². The first-order valence-corrected chi connectivity index (χ1v) is 27.2. The van der Waals surface area contributed by atoms with Gasteiger partial charge in [-0.25, -0.2) is 0 Å². The molecule has 0 bridgehead atoms. The molecule has 4 aliphatic carbocycles. The van der Waals surface area contributed by atoms with Gasteiger partial charge in [-0.2, -0.15) is 0 Å². The SMILES string of the molecule is Cc1cc2c(cc1N1c3ccc4c(c3Bc3c(-c5cc6c(cc5Nc5ccc7c(c5)C(C)(C)CCC7(C)C)C(C)(C)CCC6(C)C)cc5ccccc5c31)-c1ccccc1C4(C)C)C(C)(C)CCC2(C)C. The molecule has 1 heterocycles. The lowest BCUT2D eigenvalue weighted by atomic mass is 9.55. The largest absolute Gasteiger partial charge is 0.355 e. The van der Waals surface area contributed by atoms with Gasteiger partial charge in [0.05, 0.1) is 0 Å². The molecule has 0 spiro atoms. The monoisotopic (exact) mass is 933 g/mol. The summed E-state index contributed by atoms with van der Waals surface area (Å²) >= 11 is 0. The normalized spacial score (nSPS) is 20.6. The molecule has 0 aromatic heterocycles. The highest BCUT2D eigenvalue weighted by Crippen LogP contribution is 2.56. The highest BCUT2D eigenvalue weighted by Gasteiger charge is 2.44. The minimum Gasteiger partial charge on any atom is -0.355 e. The lowest BCUT2D eigenvalue weighted by molar-refractivity contribution is 0.332. The Hall–Kier alpha value is -5.54. The summed E-state index contributed by atoms with van der Waals surface area (Å²) in [6.07, 6.45) is 7.11. The number of nitrogens with one attached hydrogen (secondary N) is 1. The lowest BCUT2D eigenvalue weighted by Crippen LogP contribution is -2.43. The molecule has 71 heavy (non-hydrogen) atoms. The van der Waals surface area contributed by atoms with Gasteiger partial charge in [-0.15, -0.1) is 0 Å². The molecule has 1 N–H and O–H groups in total. The van der Waals surface area contributed by atoms with E-state index in [1.54, 1.807) is 0 Å². The van der Waals surface area contributed by atoms with Crippen molar-refractivity contribution in [3.05, 3.63) is 159 Å². The number of rotatable bonds is 4. The van der Waals surface area contributed by atoms with Crippen LogP contribution in [0.15, 0.2) is 109 Å². The van der Waals surface area contributed by atoms with Crippen LogP contribution in [0.5, 0.6) is 0 Å². The predicted molar refractivity (Wildman–Crippen MR) is 308 cm³/mol. The summed E-state index contributed by atoms with van der Waals surface area (Å²) in [7, 11) is 0.838. The third-order valence-corrected chi connectivity index (χ3v) is 19.6. The van der Waals surface area contributed by atoms with E-state index in [0.29, 0.717) is 0 Å². The minimum absolute atomic E-state index is 0.0338. The van der Waals surface area contributed by atoms with Gasteiger partial charge in [0.25, 0.3) is 0 Å². The smallest absolute Gasteiger partial charge is 0.199 e. The maximum Gasteiger partial charge on any atom is 0.199 e. The summed E-state index contributed by atoms with van der Waals surface area (Å²) in [5.74, 6) is 0. The van der Waals surface area contributed by atoms with Gasteiger partial charge in [0.1, 0.15) is 0 Å². The number of hydrogen-bond donors (Lipinski definition) is 1. The van der Waals surface area contributed by atoms with Crippen LogP contribution in [0, 0.1) is 6.92 Å². The molecular formula is C68H77BN2. The van der Waals surface area contributed by atoms with Crippen molar-refractivity contribution >= 4 is 57.4 Å². The third kappa shape index (κ3) is 6.86. The van der Waals surface area contributed by atoms with E-state index in [0.717, 1.165) is 13.7 Å². The lowest BCUT2D eigenvalue weighted by Gasteiger charge is -2.44. The molecule has 5 aliphatic rings. The standard InChI is InChI=1S/C68H77BN2/c1-40-34-50-54(67(12,13)33-30-63(50,4)5)39-57(40)71-56-27-26-49-58(44-22-18-19-23-47(44)68(49,14)15)60(56)69-59-46(35-41-20-16-17-21-43(41)61(59)71)45-37-52-53(66(10,11)32-31-65(52,8)9)38-55(45)70-42-24-25-48-51(36-42)64(6,7)29-28-62(48,2)3/h16-27,34-39,69-70H,28-33H2,1-15H3. The number of fused-ring (bicyclic) bond motifs is 11. The first-order valence-electron chi connectivity index (χ1n) is 27.2. The molecule has 0 amide bonds. The van der Waals surface area contributed by atoms with Crippen molar-refractivity contribution in [2.45, 2.75) is 180 Å². The van der Waals surface area contributed by atoms with Crippen LogP contribution in [0.4, 0.5) is 28.4 Å². The van der Waals surface area contributed by atoms with E-state index < -0.39 is 0 Å². The van der Waals surface area contributed by atoms with E-state index >= 15 is 0 Å². The Kier molecular flexibility index (Phi) is 9.85. The Bertz CT molecular complexity index is 3420. The van der Waals surface area contributed by atoms with Crippen LogP contribution in [-0.4, -0.2) is 7.28 Å². The fourth-order valence-corrected chi connectivity index (χ4v) is 14.6. The zero-order valence-corrected chi connectivity index (χ0v) is 45.8. The van der Waals surface area contributed by atoms with Crippen LogP contribution in [0.2, 0.25) is 0 Å². The molecule has 0 unspecified atom stereocenters. The van der Waals surface area contributed by atoms with Gasteiger partial charge < -0.3 is 10.2 Å². The topological polar surface area (TPSA) is 15.3 Å². The Morgan fingerprint density at radius 1 is 0.423 bits per heavy atom. The highest BCUT2D eigenvalue weighted by atomic mass is 15.2. The van der Waals surface area contributed by atoms with Crippen molar-refractivity contribution in [1.29, 1.82) is 0 Å². The minimum atomic E-state index is -0.109. The van der Waals surface area contributed by atoms with Gasteiger partial charge in [-0.1, -0.05) is 164 Å². The van der Waals surface area contributed by atoms with Gasteiger partial charge in [-0.05, 0) is 203 Å². The molecule has 0 saturated carbocycles. The first-order chi connectivity index (χ1) is 33.3. The Morgan fingerprint density at radius 2 is 0.958 bits per heavy atom. The van der Waals surface area contributed by atoms with Crippen LogP contribution in [-0.2, 0) is 37.9 Å². The molecule has 12 rings (SSSR count). The summed E-state index contributed by atoms with van der Waals surface area (Å²) in [5.41, 5.74) is 28.2. The summed E-state index contributed by atoms with van der Waals surface area (Å²) in [4.78, 5) is 2.74. The zero-order valence-electron chi connectivity index (χ0n) is 45.8. The first kappa shape index (κ1) is 46.5. The second-order valence-corrected chi connectivity index (χ2v) is 27.5. The predicted octanol–water partition coefficient (Wildman–Crippen LogP) is 17.1. The molecule has 0 radical (unpaired) electrons. The van der Waals surface area contributed by atoms with Crippen LogP contribution in [0.25, 0.3) is 33.0 Å². The van der Waals surface area contributed by atoms with Crippen LogP contribution < -0.4 is 21.1 Å². The number of hydrogen-bond acceptors (Lipinski definition) is 2. The van der Waals surface area contributed by atoms with Gasteiger partial charge >= 0.3 is 0 Å². The van der Waals surface area contributed by atoms with E-state index in [9.17, 15) is 0 Å². The second kappa shape index (κ2) is 15.0. The van der Waals surface area contributed by atoms with Crippen molar-refractivity contribution in [3.63, 3.8) is 0 Å². The van der Waals surface area contributed by atoms with E-state index in [1.165, 1.54) is 155 Å². The summed E-state index contributed by atoms with van der Waals surface area (Å²) in [6, 6.07) is 43.9. The third-order valence-electron chi connectivity index (χ3n) is 19.6. The molecular weight excluding hydrogens is 856 g/mol. The molecule has 362 valence electrons. The Balaban J connectivity index is 1.18. The number of nitrogens with zero attached hydrogens (tertiary/aromatic N) is 1. The zero-order chi connectivity index (χ0) is 50.2. The van der Waals surface area contributed by atoms with Crippen molar-refractivity contribution in [1.82, 2.24) is 0 Å². The van der Waals surface area contributed by atoms with E-state index in [1.807, 2.05) is 0 Å². The number of aryl methyl sites for hydroxylation is 1. The maximum absolute atomic E-state index is 4.23. The molecule has 0 saturated heterocycles. The summed E-state index contributed by atoms with van der Waals surface area (Å²) in [5, 5.41) is 6.82. The van der Waals surface area contributed by atoms with Crippen molar-refractivity contribution in [2.75, 3.05) is 10.2 Å². The van der Waals surface area contributed by atoms with Gasteiger partial charge in [0.15, 0.2) is 7.28 Å². The van der Waals surface area contributed by atoms with E-state index in [4.69, 9.17) is 0 Å². The summed E-state index contributed by atoms with van der Waals surface area (Å²) < 4.78 is 0. The van der Waals surface area contributed by atoms with Gasteiger partial charge in [-0.3, -0.25) is 0 Å². The highest BCUT2D eigenvalue weighted by molar-refractivity contribution is 6.75.